The number of ether oxygens (including phenoxy) is 1. The van der Waals surface area contributed by atoms with Gasteiger partial charge < -0.3 is 15.0 Å². The second-order valence-corrected chi connectivity index (χ2v) is 8.55. The molecule has 1 aromatic carbocycles. The molecule has 1 fully saturated rings. The lowest BCUT2D eigenvalue weighted by Crippen LogP contribution is -2.31. The molecule has 30 heavy (non-hydrogen) atoms. The van der Waals surface area contributed by atoms with Crippen LogP contribution < -0.4 is 10.2 Å². The van der Waals surface area contributed by atoms with Gasteiger partial charge >= 0.3 is 0 Å². The van der Waals surface area contributed by atoms with Gasteiger partial charge in [0.15, 0.2) is 5.16 Å². The number of rotatable bonds is 10. The maximum Gasteiger partial charge on any atom is 0.251 e. The second kappa shape index (κ2) is 11.3. The van der Waals surface area contributed by atoms with E-state index in [1.54, 1.807) is 11.8 Å². The summed E-state index contributed by atoms with van der Waals surface area (Å²) in [6.45, 7) is 6.63. The molecule has 1 amide bonds. The molecular weight excluding hydrogens is 396 g/mol. The van der Waals surface area contributed by atoms with E-state index >= 15 is 0 Å². The van der Waals surface area contributed by atoms with Crippen LogP contribution in [-0.2, 0) is 16.9 Å². The smallest absolute Gasteiger partial charge is 0.251 e. The molecule has 7 heteroatoms. The third-order valence-corrected chi connectivity index (χ3v) is 6.07. The first-order chi connectivity index (χ1) is 14.6. The largest absolute Gasteiger partial charge is 0.376 e. The van der Waals surface area contributed by atoms with Crippen LogP contribution in [0.15, 0.2) is 35.5 Å². The van der Waals surface area contributed by atoms with Gasteiger partial charge in [0.1, 0.15) is 5.82 Å². The summed E-state index contributed by atoms with van der Waals surface area (Å²) in [5, 5.41) is 3.76. The number of aryl methyl sites for hydroxylation is 1. The number of amides is 1. The molecule has 1 N–H and O–H groups in total. The molecule has 0 spiro atoms. The number of anilines is 1. The summed E-state index contributed by atoms with van der Waals surface area (Å²) >= 11 is 1.63. The topological polar surface area (TPSA) is 67.4 Å². The lowest BCUT2D eigenvalue weighted by molar-refractivity contribution is 0.0858. The van der Waals surface area contributed by atoms with Gasteiger partial charge in [0.05, 0.1) is 6.10 Å². The van der Waals surface area contributed by atoms with Gasteiger partial charge in [-0.15, -0.1) is 0 Å². The predicted octanol–water partition coefficient (Wildman–Crippen LogP) is 4.09. The van der Waals surface area contributed by atoms with Crippen molar-refractivity contribution in [3.8, 4) is 0 Å². The molecule has 2 aromatic rings. The summed E-state index contributed by atoms with van der Waals surface area (Å²) in [7, 11) is 2.07. The molecule has 6 nitrogen and oxygen atoms in total. The van der Waals surface area contributed by atoms with E-state index < -0.39 is 0 Å². The van der Waals surface area contributed by atoms with E-state index in [1.807, 2.05) is 24.3 Å². The number of benzene rings is 1. The Morgan fingerprint density at radius 1 is 1.27 bits per heavy atom. The molecule has 3 rings (SSSR count). The Kier molecular flexibility index (Phi) is 8.51. The fourth-order valence-electron chi connectivity index (χ4n) is 3.36. The Labute approximate surface area is 183 Å². The first-order valence-corrected chi connectivity index (χ1v) is 11.8. The molecule has 162 valence electrons. The number of aromatic nitrogens is 2. The Balaban J connectivity index is 1.56. The molecular formula is C23H32N4O2S. The van der Waals surface area contributed by atoms with Crippen LogP contribution in [0.1, 0.15) is 54.7 Å². The van der Waals surface area contributed by atoms with Gasteiger partial charge in [0.2, 0.25) is 0 Å². The third kappa shape index (κ3) is 6.44. The van der Waals surface area contributed by atoms with Gasteiger partial charge in [0.25, 0.3) is 5.91 Å². The van der Waals surface area contributed by atoms with Crippen molar-refractivity contribution < 1.29 is 9.53 Å². The van der Waals surface area contributed by atoms with Crippen molar-refractivity contribution in [2.24, 2.45) is 0 Å². The molecule has 0 radical (unpaired) electrons. The quantitative estimate of drug-likeness (QED) is 0.454. The van der Waals surface area contributed by atoms with Gasteiger partial charge in [-0.3, -0.25) is 4.79 Å². The number of carbonyl (C=O) groups excluding carboxylic acids is 1. The van der Waals surface area contributed by atoms with Gasteiger partial charge in [-0.05, 0) is 43.4 Å². The van der Waals surface area contributed by atoms with Gasteiger partial charge in [-0.1, -0.05) is 37.7 Å². The molecule has 1 aromatic heterocycles. The number of hydrogen-bond acceptors (Lipinski definition) is 6. The van der Waals surface area contributed by atoms with Crippen molar-refractivity contribution >= 4 is 23.5 Å². The number of hydrogen-bond donors (Lipinski definition) is 1. The van der Waals surface area contributed by atoms with Gasteiger partial charge in [0, 0.05) is 49.8 Å². The van der Waals surface area contributed by atoms with E-state index in [0.29, 0.717) is 12.1 Å². The Bertz CT molecular complexity index is 822. The highest BCUT2D eigenvalue weighted by Gasteiger charge is 2.16. The second-order valence-electron chi connectivity index (χ2n) is 7.61. The fraction of sp³-hybridized carbons (Fsp3) is 0.522. The minimum absolute atomic E-state index is 0.0488. The molecule has 1 atom stereocenters. The van der Waals surface area contributed by atoms with E-state index in [-0.39, 0.29) is 12.0 Å². The van der Waals surface area contributed by atoms with Crippen molar-refractivity contribution in [3.05, 3.63) is 47.2 Å². The van der Waals surface area contributed by atoms with Crippen molar-refractivity contribution in [3.63, 3.8) is 0 Å². The van der Waals surface area contributed by atoms with Crippen LogP contribution in [0.25, 0.3) is 0 Å². The maximum atomic E-state index is 12.3. The molecule has 0 saturated carbocycles. The summed E-state index contributed by atoms with van der Waals surface area (Å²) in [4.78, 5) is 23.9. The maximum absolute atomic E-state index is 12.3. The van der Waals surface area contributed by atoms with Gasteiger partial charge in [-0.2, -0.15) is 0 Å². The Morgan fingerprint density at radius 3 is 2.73 bits per heavy atom. The molecule has 1 aliphatic rings. The molecule has 1 unspecified atom stereocenters. The van der Waals surface area contributed by atoms with Crippen molar-refractivity contribution in [2.75, 3.05) is 31.6 Å². The summed E-state index contributed by atoms with van der Waals surface area (Å²) in [5.41, 5.74) is 2.88. The zero-order valence-corrected chi connectivity index (χ0v) is 19.0. The average Bonchev–Trinajstić information content (AvgIpc) is 3.30. The number of carbonyl (C=O) groups is 1. The van der Waals surface area contributed by atoms with E-state index in [9.17, 15) is 4.79 Å². The average molecular weight is 429 g/mol. The highest BCUT2D eigenvalue weighted by Crippen LogP contribution is 2.23. The number of thioether (sulfide) groups is 1. The molecule has 0 bridgehead atoms. The van der Waals surface area contributed by atoms with Crippen LogP contribution in [-0.4, -0.2) is 48.7 Å². The van der Waals surface area contributed by atoms with Gasteiger partial charge in [-0.25, -0.2) is 9.97 Å². The zero-order valence-electron chi connectivity index (χ0n) is 18.2. The normalized spacial score (nSPS) is 15.9. The summed E-state index contributed by atoms with van der Waals surface area (Å²) in [5.74, 6) is 1.69. The van der Waals surface area contributed by atoms with Crippen molar-refractivity contribution in [2.45, 2.75) is 56.5 Å². The highest BCUT2D eigenvalue weighted by molar-refractivity contribution is 7.98. The molecule has 1 saturated heterocycles. The van der Waals surface area contributed by atoms with Crippen LogP contribution in [0, 0.1) is 0 Å². The predicted molar refractivity (Wildman–Crippen MR) is 122 cm³/mol. The first-order valence-electron chi connectivity index (χ1n) is 10.8. The van der Waals surface area contributed by atoms with E-state index in [4.69, 9.17) is 9.72 Å². The minimum atomic E-state index is -0.0488. The van der Waals surface area contributed by atoms with Crippen LogP contribution in [0.2, 0.25) is 0 Å². The Morgan fingerprint density at radius 2 is 2.07 bits per heavy atom. The summed E-state index contributed by atoms with van der Waals surface area (Å²) in [6, 6.07) is 9.84. The highest BCUT2D eigenvalue weighted by atomic mass is 32.2. The van der Waals surface area contributed by atoms with Crippen molar-refractivity contribution in [1.82, 2.24) is 15.3 Å². The molecule has 2 heterocycles. The monoisotopic (exact) mass is 428 g/mol. The lowest BCUT2D eigenvalue weighted by Gasteiger charge is -2.18. The van der Waals surface area contributed by atoms with Crippen LogP contribution in [0.4, 0.5) is 5.82 Å². The summed E-state index contributed by atoms with van der Waals surface area (Å²) in [6.07, 6.45) is 4.23. The van der Waals surface area contributed by atoms with E-state index in [1.165, 1.54) is 0 Å². The Hall–Kier alpha value is -2.12. The molecule has 1 aliphatic heterocycles. The SMILES string of the molecule is CCCN(C)c1cc(CC)nc(SCc2ccc(C(=O)NCC3CCCO3)cc2)n1. The first kappa shape index (κ1) is 22.6. The van der Waals surface area contributed by atoms with Crippen LogP contribution in [0.5, 0.6) is 0 Å². The number of nitrogens with zero attached hydrogens (tertiary/aromatic N) is 3. The van der Waals surface area contributed by atoms with Crippen LogP contribution >= 0.6 is 11.8 Å². The van der Waals surface area contributed by atoms with Crippen LogP contribution in [0.3, 0.4) is 0 Å². The molecule has 0 aliphatic carbocycles. The van der Waals surface area contributed by atoms with E-state index in [0.717, 1.165) is 66.8 Å². The van der Waals surface area contributed by atoms with E-state index in [2.05, 4.69) is 42.2 Å². The third-order valence-electron chi connectivity index (χ3n) is 5.16. The van der Waals surface area contributed by atoms with Crippen molar-refractivity contribution in [1.29, 1.82) is 0 Å². The zero-order chi connectivity index (χ0) is 21.3. The minimum Gasteiger partial charge on any atom is -0.376 e. The number of nitrogens with one attached hydrogen (secondary N) is 1. The summed E-state index contributed by atoms with van der Waals surface area (Å²) < 4.78 is 5.55. The lowest BCUT2D eigenvalue weighted by atomic mass is 10.1. The standard InChI is InChI=1S/C23H32N4O2S/c1-4-12-27(3)21-14-19(5-2)25-23(26-21)30-16-17-8-10-18(11-9-17)22(28)24-15-20-7-6-13-29-20/h8-11,14,20H,4-7,12-13,15-16H2,1-3H3,(H,24,28). The fourth-order valence-corrected chi connectivity index (χ4v) is 4.19.